The van der Waals surface area contributed by atoms with Crippen molar-refractivity contribution >= 4 is 34.4 Å². The smallest absolute Gasteiger partial charge is 0.208 e. The minimum Gasteiger partial charge on any atom is -0.497 e. The molecule has 0 aliphatic carbocycles. The number of ether oxygens (including phenoxy) is 1. The second-order valence-corrected chi connectivity index (χ2v) is 4.77. The Kier molecular flexibility index (Phi) is 3.21. The number of aromatic nitrogens is 2. The van der Waals surface area contributed by atoms with Crippen LogP contribution in [0.25, 0.3) is 0 Å². The van der Waals surface area contributed by atoms with Crippen LogP contribution in [0.5, 0.6) is 5.75 Å². The maximum atomic E-state index is 5.09. The normalized spacial score (nSPS) is 10.1. The van der Waals surface area contributed by atoms with Gasteiger partial charge >= 0.3 is 0 Å². The molecule has 16 heavy (non-hydrogen) atoms. The molecule has 1 aromatic heterocycles. The van der Waals surface area contributed by atoms with Crippen LogP contribution in [-0.2, 0) is 7.05 Å². The molecular weight excluding hydrogens is 242 g/mol. The van der Waals surface area contributed by atoms with Crippen molar-refractivity contribution in [2.24, 2.45) is 7.05 Å². The third-order valence-electron chi connectivity index (χ3n) is 2.03. The molecule has 4 nitrogen and oxygen atoms in total. The summed E-state index contributed by atoms with van der Waals surface area (Å²) in [7, 11) is 3.48. The number of nitrogens with zero attached hydrogens (tertiary/aromatic N) is 2. The fourth-order valence-corrected chi connectivity index (χ4v) is 2.14. The summed E-state index contributed by atoms with van der Waals surface area (Å²) in [6.45, 7) is 0. The summed E-state index contributed by atoms with van der Waals surface area (Å²) in [5, 5.41) is 8.21. The van der Waals surface area contributed by atoms with E-state index in [0.717, 1.165) is 20.5 Å². The van der Waals surface area contributed by atoms with Gasteiger partial charge < -0.3 is 10.1 Å². The highest BCUT2D eigenvalue weighted by atomic mass is 32.1. The molecule has 0 fully saturated rings. The molecule has 2 aromatic rings. The van der Waals surface area contributed by atoms with E-state index in [1.807, 2.05) is 31.3 Å². The summed E-state index contributed by atoms with van der Waals surface area (Å²) in [5.41, 5.74) is 0.963. The van der Waals surface area contributed by atoms with Crippen LogP contribution in [0.2, 0.25) is 0 Å². The molecule has 1 heterocycles. The third kappa shape index (κ3) is 2.40. The van der Waals surface area contributed by atoms with E-state index in [1.165, 1.54) is 11.3 Å². The van der Waals surface area contributed by atoms with E-state index in [4.69, 9.17) is 17.0 Å². The molecule has 0 radical (unpaired) electrons. The van der Waals surface area contributed by atoms with Gasteiger partial charge in [0.05, 0.1) is 7.11 Å². The van der Waals surface area contributed by atoms with Gasteiger partial charge in [-0.25, -0.2) is 4.68 Å². The average Bonchev–Trinajstić information content (AvgIpc) is 2.59. The number of benzene rings is 1. The summed E-state index contributed by atoms with van der Waals surface area (Å²) in [6, 6.07) is 7.65. The van der Waals surface area contributed by atoms with Crippen molar-refractivity contribution in [1.29, 1.82) is 0 Å². The molecule has 0 spiro atoms. The van der Waals surface area contributed by atoms with Crippen LogP contribution >= 0.6 is 23.6 Å². The Morgan fingerprint density at radius 3 is 2.56 bits per heavy atom. The van der Waals surface area contributed by atoms with Crippen LogP contribution in [0.4, 0.5) is 10.8 Å². The van der Waals surface area contributed by atoms with E-state index in [-0.39, 0.29) is 0 Å². The summed E-state index contributed by atoms with van der Waals surface area (Å²) in [5.74, 6) is 0.833. The van der Waals surface area contributed by atoms with Gasteiger partial charge in [0.25, 0.3) is 0 Å². The Hall–Kier alpha value is -1.40. The van der Waals surface area contributed by atoms with Crippen LogP contribution < -0.4 is 10.1 Å². The van der Waals surface area contributed by atoms with E-state index in [1.54, 1.807) is 11.8 Å². The number of anilines is 2. The largest absolute Gasteiger partial charge is 0.497 e. The van der Waals surface area contributed by atoms with Gasteiger partial charge in [-0.2, -0.15) is 0 Å². The number of aryl methyl sites for hydroxylation is 1. The predicted octanol–water partition coefficient (Wildman–Crippen LogP) is 2.96. The summed E-state index contributed by atoms with van der Waals surface area (Å²) >= 11 is 6.53. The summed E-state index contributed by atoms with van der Waals surface area (Å²) in [4.78, 5) is 0. The number of methoxy groups -OCH3 is 1. The molecule has 0 saturated carbocycles. The molecule has 0 atom stereocenters. The summed E-state index contributed by atoms with van der Waals surface area (Å²) in [6.07, 6.45) is 0. The Labute approximate surface area is 102 Å². The molecule has 0 saturated heterocycles. The highest BCUT2D eigenvalue weighted by Gasteiger charge is 2.01. The quantitative estimate of drug-likeness (QED) is 0.854. The van der Waals surface area contributed by atoms with Crippen molar-refractivity contribution in [2.75, 3.05) is 12.4 Å². The van der Waals surface area contributed by atoms with Gasteiger partial charge in [-0.3, -0.25) is 0 Å². The third-order valence-corrected chi connectivity index (χ3v) is 3.36. The van der Waals surface area contributed by atoms with Crippen molar-refractivity contribution in [2.45, 2.75) is 0 Å². The Balaban J connectivity index is 2.17. The molecular formula is C10H11N3OS2. The first-order valence-electron chi connectivity index (χ1n) is 4.64. The molecule has 1 N–H and O–H groups in total. The van der Waals surface area contributed by atoms with E-state index in [0.29, 0.717) is 0 Å². The second-order valence-electron chi connectivity index (χ2n) is 3.15. The minimum absolute atomic E-state index is 0.746. The lowest BCUT2D eigenvalue weighted by Crippen LogP contribution is -1.93. The highest BCUT2D eigenvalue weighted by molar-refractivity contribution is 7.73. The van der Waals surface area contributed by atoms with Gasteiger partial charge in [0, 0.05) is 12.7 Å². The van der Waals surface area contributed by atoms with Crippen LogP contribution in [0.15, 0.2) is 24.3 Å². The Morgan fingerprint density at radius 1 is 1.38 bits per heavy atom. The standard InChI is InChI=1S/C10H11N3OS2/c1-13-10(15)16-9(12-13)11-7-3-5-8(14-2)6-4-7/h3-6H,1-2H3,(H,11,12). The molecule has 0 amide bonds. The van der Waals surface area contributed by atoms with Crippen molar-refractivity contribution in [3.63, 3.8) is 0 Å². The molecule has 0 unspecified atom stereocenters. The van der Waals surface area contributed by atoms with Gasteiger partial charge in [-0.05, 0) is 36.5 Å². The average molecular weight is 253 g/mol. The molecule has 0 bridgehead atoms. The van der Waals surface area contributed by atoms with Crippen molar-refractivity contribution in [1.82, 2.24) is 9.78 Å². The van der Waals surface area contributed by atoms with Gasteiger partial charge in [0.15, 0.2) is 3.95 Å². The first-order chi connectivity index (χ1) is 7.69. The van der Waals surface area contributed by atoms with E-state index in [9.17, 15) is 0 Å². The lowest BCUT2D eigenvalue weighted by Gasteiger charge is -2.03. The lowest BCUT2D eigenvalue weighted by atomic mass is 10.3. The van der Waals surface area contributed by atoms with Crippen LogP contribution in [-0.4, -0.2) is 16.9 Å². The molecule has 1 aromatic carbocycles. The van der Waals surface area contributed by atoms with Crippen molar-refractivity contribution in [3.8, 4) is 5.75 Å². The first kappa shape index (κ1) is 11.1. The number of nitrogens with one attached hydrogen (secondary N) is 1. The van der Waals surface area contributed by atoms with E-state index < -0.39 is 0 Å². The van der Waals surface area contributed by atoms with E-state index in [2.05, 4.69) is 10.4 Å². The first-order valence-corrected chi connectivity index (χ1v) is 5.87. The molecule has 0 aliphatic rings. The zero-order chi connectivity index (χ0) is 11.5. The van der Waals surface area contributed by atoms with Crippen molar-refractivity contribution in [3.05, 3.63) is 28.2 Å². The number of hydrogen-bond acceptors (Lipinski definition) is 5. The van der Waals surface area contributed by atoms with Gasteiger partial charge in [0.1, 0.15) is 5.75 Å². The van der Waals surface area contributed by atoms with Gasteiger partial charge in [-0.1, -0.05) is 11.3 Å². The monoisotopic (exact) mass is 253 g/mol. The minimum atomic E-state index is 0.746. The fourth-order valence-electron chi connectivity index (χ4n) is 1.19. The zero-order valence-electron chi connectivity index (χ0n) is 8.93. The topological polar surface area (TPSA) is 39.1 Å². The SMILES string of the molecule is COc1ccc(Nc2nn(C)c(=S)s2)cc1. The molecule has 2 rings (SSSR count). The fraction of sp³-hybridized carbons (Fsp3) is 0.200. The van der Waals surface area contributed by atoms with E-state index >= 15 is 0 Å². The van der Waals surface area contributed by atoms with Gasteiger partial charge in [-0.15, -0.1) is 5.10 Å². The molecule has 6 heteroatoms. The maximum absolute atomic E-state index is 5.09. The second kappa shape index (κ2) is 4.63. The van der Waals surface area contributed by atoms with Crippen LogP contribution in [0, 0.1) is 3.95 Å². The van der Waals surface area contributed by atoms with Gasteiger partial charge in [0.2, 0.25) is 5.13 Å². The zero-order valence-corrected chi connectivity index (χ0v) is 10.6. The molecule has 0 aliphatic heterocycles. The van der Waals surface area contributed by atoms with Crippen LogP contribution in [0.3, 0.4) is 0 Å². The Morgan fingerprint density at radius 2 is 2.06 bits per heavy atom. The predicted molar refractivity (Wildman–Crippen MR) is 68.2 cm³/mol. The number of hydrogen-bond donors (Lipinski definition) is 1. The van der Waals surface area contributed by atoms with Crippen molar-refractivity contribution < 1.29 is 4.74 Å². The maximum Gasteiger partial charge on any atom is 0.208 e. The Bertz CT molecular complexity index is 530. The number of rotatable bonds is 3. The lowest BCUT2D eigenvalue weighted by molar-refractivity contribution is 0.415. The van der Waals surface area contributed by atoms with Crippen LogP contribution in [0.1, 0.15) is 0 Å². The molecule has 84 valence electrons. The summed E-state index contributed by atoms with van der Waals surface area (Å²) < 4.78 is 7.50. The highest BCUT2D eigenvalue weighted by Crippen LogP contribution is 2.21.